The Hall–Kier alpha value is -1.75. The Morgan fingerprint density at radius 1 is 0.717 bits per heavy atom. The van der Waals surface area contributed by atoms with Gasteiger partial charge in [0.05, 0.1) is 49.1 Å². The number of carbonyl (C=O) groups excluding carboxylic acids is 3. The van der Waals surface area contributed by atoms with Crippen LogP contribution in [-0.2, 0) is 37.7 Å². The maximum Gasteiger partial charge on any atom is 0.312 e. The zero-order valence-corrected chi connectivity index (χ0v) is 31.4. The van der Waals surface area contributed by atoms with Gasteiger partial charge in [-0.05, 0) is 69.2 Å². The lowest BCUT2D eigenvalue weighted by Gasteiger charge is -2.36. The van der Waals surface area contributed by atoms with Gasteiger partial charge in [0.15, 0.2) is 0 Å². The minimum absolute atomic E-state index is 0.179. The fourth-order valence-electron chi connectivity index (χ4n) is 3.96. The molecule has 0 N–H and O–H groups in total. The molecule has 1 heterocycles. The molecular weight excluding hydrogens is 613 g/mol. The first-order valence-electron chi connectivity index (χ1n) is 15.8. The van der Waals surface area contributed by atoms with E-state index in [2.05, 4.69) is 66.0 Å². The summed E-state index contributed by atoms with van der Waals surface area (Å²) in [5, 5.41) is 0. The molecule has 1 unspecified atom stereocenters. The van der Waals surface area contributed by atoms with Gasteiger partial charge in [-0.3, -0.25) is 29.0 Å². The Kier molecular flexibility index (Phi) is 23.7. The SMILES string of the molecule is C=O.C=O.[C-]#[N+]CCP(=O)(CN1CCN(COC(=O)C(C)(C)C)CCN(COC(C)(C)C)CCN(COC(C)(C)C)CC1)OCC. The number of carbonyl (C=O) groups is 3. The van der Waals surface area contributed by atoms with Crippen LogP contribution in [0.15, 0.2) is 0 Å². The van der Waals surface area contributed by atoms with Gasteiger partial charge in [-0.2, -0.15) is 0 Å². The van der Waals surface area contributed by atoms with Crippen LogP contribution in [0.2, 0.25) is 0 Å². The lowest BCUT2D eigenvalue weighted by atomic mass is 9.98. The Bertz CT molecular complexity index is 912. The molecule has 0 radical (unpaired) electrons. The van der Waals surface area contributed by atoms with Crippen molar-refractivity contribution in [3.63, 3.8) is 0 Å². The number of esters is 1. The van der Waals surface area contributed by atoms with E-state index in [9.17, 15) is 9.36 Å². The Balaban J connectivity index is 0. The molecule has 0 aromatic rings. The molecule has 46 heavy (non-hydrogen) atoms. The number of nitrogens with zero attached hydrogens (tertiary/aromatic N) is 5. The highest BCUT2D eigenvalue weighted by atomic mass is 31.2. The van der Waals surface area contributed by atoms with Crippen LogP contribution in [0.1, 0.15) is 69.2 Å². The van der Waals surface area contributed by atoms with Gasteiger partial charge in [0.2, 0.25) is 13.9 Å². The van der Waals surface area contributed by atoms with Crippen molar-refractivity contribution in [1.82, 2.24) is 19.6 Å². The molecule has 1 aliphatic heterocycles. The minimum Gasteiger partial charge on any atom is -0.449 e. The monoisotopic (exact) mass is 677 g/mol. The predicted molar refractivity (Wildman–Crippen MR) is 183 cm³/mol. The quantitative estimate of drug-likeness (QED) is 0.168. The molecule has 1 saturated heterocycles. The molecule has 0 aliphatic carbocycles. The van der Waals surface area contributed by atoms with E-state index in [1.54, 1.807) is 0 Å². The molecule has 1 rings (SSSR count). The van der Waals surface area contributed by atoms with Gasteiger partial charge in [0.25, 0.3) is 0 Å². The molecule has 0 amide bonds. The number of hydrogen-bond acceptors (Lipinski definition) is 12. The second-order valence-electron chi connectivity index (χ2n) is 14.0. The summed E-state index contributed by atoms with van der Waals surface area (Å²) in [6, 6.07) is 0. The summed E-state index contributed by atoms with van der Waals surface area (Å²) >= 11 is 0. The van der Waals surface area contributed by atoms with Gasteiger partial charge in [-0.25, -0.2) is 6.57 Å². The van der Waals surface area contributed by atoms with Gasteiger partial charge < -0.3 is 33.2 Å². The summed E-state index contributed by atoms with van der Waals surface area (Å²) in [7, 11) is -3.02. The molecule has 0 spiro atoms. The third kappa shape index (κ3) is 23.6. The Morgan fingerprint density at radius 3 is 1.41 bits per heavy atom. The molecular formula is C32H64N5O8P. The summed E-state index contributed by atoms with van der Waals surface area (Å²) in [4.78, 5) is 40.9. The zero-order valence-electron chi connectivity index (χ0n) is 30.5. The molecule has 13 nitrogen and oxygen atoms in total. The van der Waals surface area contributed by atoms with Crippen molar-refractivity contribution in [3.05, 3.63) is 11.4 Å². The second kappa shape index (κ2) is 23.6. The smallest absolute Gasteiger partial charge is 0.312 e. The van der Waals surface area contributed by atoms with E-state index in [1.165, 1.54) is 0 Å². The molecule has 0 saturated carbocycles. The molecule has 1 aliphatic rings. The molecule has 0 aromatic carbocycles. The molecule has 270 valence electrons. The maximum absolute atomic E-state index is 13.7. The average Bonchev–Trinajstić information content (AvgIpc) is 2.96. The highest BCUT2D eigenvalue weighted by Gasteiger charge is 2.29. The van der Waals surface area contributed by atoms with Crippen molar-refractivity contribution in [1.29, 1.82) is 0 Å². The van der Waals surface area contributed by atoms with Gasteiger partial charge in [-0.15, -0.1) is 0 Å². The standard InChI is InChI=1S/C30H60N5O6P.2CH2O/c1-12-41-42(37,22-13-31-11)26-35-20-18-32(23-38-27(36)28(2,3)4)14-15-33(24-39-29(5,6)7)16-17-34(19-21-35)25-40-30(8,9)10;2*1-2/h12-26H2,1-10H3;2*1H2. The van der Waals surface area contributed by atoms with E-state index in [-0.39, 0.29) is 42.9 Å². The van der Waals surface area contributed by atoms with Crippen LogP contribution in [0, 0.1) is 12.0 Å². The molecule has 0 bridgehead atoms. The van der Waals surface area contributed by atoms with Crippen molar-refractivity contribution in [3.8, 4) is 0 Å². The highest BCUT2D eigenvalue weighted by Crippen LogP contribution is 2.47. The predicted octanol–water partition coefficient (Wildman–Crippen LogP) is 4.12. The molecule has 1 fully saturated rings. The number of hydrogen-bond donors (Lipinski definition) is 0. The molecule has 14 heteroatoms. The van der Waals surface area contributed by atoms with Crippen molar-refractivity contribution < 1.29 is 37.7 Å². The zero-order chi connectivity index (χ0) is 36.0. The number of rotatable bonds is 12. The minimum atomic E-state index is -3.02. The average molecular weight is 678 g/mol. The first-order chi connectivity index (χ1) is 21.4. The third-order valence-electron chi connectivity index (χ3n) is 6.61. The lowest BCUT2D eigenvalue weighted by Crippen LogP contribution is -2.48. The fraction of sp³-hybridized carbons (Fsp3) is 0.875. The van der Waals surface area contributed by atoms with Crippen LogP contribution in [0.4, 0.5) is 0 Å². The van der Waals surface area contributed by atoms with Crippen molar-refractivity contribution in [2.75, 3.05) is 98.1 Å². The topological polar surface area (TPSA) is 123 Å². The summed E-state index contributed by atoms with van der Waals surface area (Å²) in [6.45, 7) is 38.2. The summed E-state index contributed by atoms with van der Waals surface area (Å²) in [6.07, 6.45) is 0.527. The van der Waals surface area contributed by atoms with Crippen molar-refractivity contribution in [2.45, 2.75) is 80.4 Å². The van der Waals surface area contributed by atoms with Gasteiger partial charge in [0, 0.05) is 52.4 Å². The fourth-order valence-corrected chi connectivity index (χ4v) is 6.08. The highest BCUT2D eigenvalue weighted by molar-refractivity contribution is 7.58. The van der Waals surface area contributed by atoms with E-state index in [0.29, 0.717) is 46.2 Å². The Labute approximate surface area is 279 Å². The molecule has 0 aromatic heterocycles. The maximum atomic E-state index is 13.7. The van der Waals surface area contributed by atoms with E-state index in [1.807, 2.05) is 41.3 Å². The van der Waals surface area contributed by atoms with E-state index in [0.717, 1.165) is 26.2 Å². The van der Waals surface area contributed by atoms with Crippen LogP contribution >= 0.6 is 7.37 Å². The third-order valence-corrected chi connectivity index (χ3v) is 9.05. The van der Waals surface area contributed by atoms with Crippen LogP contribution in [0.5, 0.6) is 0 Å². The van der Waals surface area contributed by atoms with Gasteiger partial charge in [0.1, 0.15) is 20.3 Å². The van der Waals surface area contributed by atoms with Crippen LogP contribution < -0.4 is 0 Å². The first kappa shape index (κ1) is 46.4. The van der Waals surface area contributed by atoms with E-state index in [4.69, 9.17) is 34.9 Å². The van der Waals surface area contributed by atoms with Gasteiger partial charge >= 0.3 is 5.97 Å². The largest absolute Gasteiger partial charge is 0.449 e. The van der Waals surface area contributed by atoms with Crippen LogP contribution in [0.3, 0.4) is 0 Å². The first-order valence-corrected chi connectivity index (χ1v) is 17.8. The van der Waals surface area contributed by atoms with Gasteiger partial charge in [-0.1, -0.05) is 0 Å². The lowest BCUT2D eigenvalue weighted by molar-refractivity contribution is -0.158. The summed E-state index contributed by atoms with van der Waals surface area (Å²) < 4.78 is 37.5. The van der Waals surface area contributed by atoms with E-state index >= 15 is 0 Å². The summed E-state index contributed by atoms with van der Waals surface area (Å²) in [5.41, 5.74) is -1.12. The van der Waals surface area contributed by atoms with Crippen molar-refractivity contribution >= 4 is 26.9 Å². The van der Waals surface area contributed by atoms with Crippen LogP contribution in [-0.4, -0.2) is 148 Å². The van der Waals surface area contributed by atoms with E-state index < -0.39 is 12.8 Å². The number of ether oxygens (including phenoxy) is 3. The second-order valence-corrected chi connectivity index (χ2v) is 16.7. The molecule has 1 atom stereocenters. The Morgan fingerprint density at radius 2 is 1.09 bits per heavy atom. The summed E-state index contributed by atoms with van der Waals surface area (Å²) in [5.74, 6) is -0.243. The van der Waals surface area contributed by atoms with Crippen LogP contribution in [0.25, 0.3) is 4.85 Å². The normalized spacial score (nSPS) is 18.3. The van der Waals surface area contributed by atoms with Crippen molar-refractivity contribution in [2.24, 2.45) is 5.41 Å².